The number of aromatic nitrogens is 1. The van der Waals surface area contributed by atoms with Crippen LogP contribution in [0.2, 0.25) is 0 Å². The second-order valence-corrected chi connectivity index (χ2v) is 7.69. The molecule has 1 aromatic heterocycles. The lowest BCUT2D eigenvalue weighted by Gasteiger charge is -2.13. The van der Waals surface area contributed by atoms with E-state index < -0.39 is 0 Å². The Morgan fingerprint density at radius 1 is 0.903 bits per heavy atom. The monoisotopic (exact) mass is 412 g/mol. The summed E-state index contributed by atoms with van der Waals surface area (Å²) in [5.41, 5.74) is 2.82. The minimum absolute atomic E-state index is 0.182. The third-order valence-corrected chi connectivity index (χ3v) is 5.36. The van der Waals surface area contributed by atoms with Crippen LogP contribution in [-0.2, 0) is 0 Å². The minimum Gasteiger partial charge on any atom is -0.497 e. The number of ether oxygens (including phenoxy) is 1. The van der Waals surface area contributed by atoms with E-state index >= 15 is 0 Å². The van der Waals surface area contributed by atoms with Crippen molar-refractivity contribution in [1.29, 1.82) is 0 Å². The van der Waals surface area contributed by atoms with Crippen molar-refractivity contribution in [3.05, 3.63) is 100 Å². The number of amides is 1. The average molecular weight is 412 g/mol. The van der Waals surface area contributed by atoms with Gasteiger partial charge in [-0.25, -0.2) is 0 Å². The fourth-order valence-electron chi connectivity index (χ4n) is 3.56. The van der Waals surface area contributed by atoms with E-state index in [0.717, 1.165) is 0 Å². The van der Waals surface area contributed by atoms with Crippen molar-refractivity contribution >= 4 is 22.4 Å². The quantitative estimate of drug-likeness (QED) is 0.479. The molecule has 1 amide bonds. The van der Waals surface area contributed by atoms with Gasteiger partial charge in [0.05, 0.1) is 12.7 Å². The first-order valence-electron chi connectivity index (χ1n) is 10.2. The van der Waals surface area contributed by atoms with E-state index in [1.807, 2.05) is 30.3 Å². The predicted octanol–water partition coefficient (Wildman–Crippen LogP) is 5.38. The van der Waals surface area contributed by atoms with Crippen LogP contribution in [0.25, 0.3) is 16.5 Å². The Labute approximate surface area is 180 Å². The fraction of sp³-hybridized carbons (Fsp3) is 0.154. The zero-order valence-electron chi connectivity index (χ0n) is 17.8. The second-order valence-electron chi connectivity index (χ2n) is 7.69. The highest BCUT2D eigenvalue weighted by Crippen LogP contribution is 2.22. The number of carbonyl (C=O) groups is 1. The first-order chi connectivity index (χ1) is 15.0. The van der Waals surface area contributed by atoms with Crippen LogP contribution in [0.15, 0.2) is 83.8 Å². The van der Waals surface area contributed by atoms with E-state index in [-0.39, 0.29) is 11.5 Å². The van der Waals surface area contributed by atoms with Crippen molar-refractivity contribution in [2.75, 3.05) is 12.4 Å². The van der Waals surface area contributed by atoms with Crippen LogP contribution in [0.4, 0.5) is 5.69 Å². The van der Waals surface area contributed by atoms with Gasteiger partial charge >= 0.3 is 0 Å². The lowest BCUT2D eigenvalue weighted by Crippen LogP contribution is -2.22. The number of hydrogen-bond donors (Lipinski definition) is 1. The molecular formula is C26H24N2O3. The van der Waals surface area contributed by atoms with E-state index in [0.29, 0.717) is 39.4 Å². The third kappa shape index (κ3) is 4.08. The summed E-state index contributed by atoms with van der Waals surface area (Å²) in [5, 5.41) is 4.06. The molecule has 0 aliphatic heterocycles. The summed E-state index contributed by atoms with van der Waals surface area (Å²) in [7, 11) is 1.59. The van der Waals surface area contributed by atoms with Crippen molar-refractivity contribution < 1.29 is 9.53 Å². The van der Waals surface area contributed by atoms with Gasteiger partial charge in [0, 0.05) is 28.3 Å². The number of hydrogen-bond acceptors (Lipinski definition) is 3. The van der Waals surface area contributed by atoms with Crippen molar-refractivity contribution in [3.63, 3.8) is 0 Å². The number of pyridine rings is 1. The summed E-state index contributed by atoms with van der Waals surface area (Å²) in [5.74, 6) is 0.845. The van der Waals surface area contributed by atoms with Gasteiger partial charge in [-0.15, -0.1) is 0 Å². The molecule has 4 aromatic rings. The third-order valence-electron chi connectivity index (χ3n) is 5.36. The number of methoxy groups -OCH3 is 1. The van der Waals surface area contributed by atoms with E-state index in [4.69, 9.17) is 4.74 Å². The molecule has 0 atom stereocenters. The zero-order valence-corrected chi connectivity index (χ0v) is 17.8. The Hall–Kier alpha value is -3.86. The number of nitrogens with one attached hydrogen (secondary N) is 1. The summed E-state index contributed by atoms with van der Waals surface area (Å²) in [6, 6.07) is 22.1. The van der Waals surface area contributed by atoms with Crippen LogP contribution < -0.4 is 15.6 Å². The summed E-state index contributed by atoms with van der Waals surface area (Å²) in [6.45, 7) is 4.25. The van der Waals surface area contributed by atoms with Crippen LogP contribution in [0.1, 0.15) is 35.7 Å². The maximum absolute atomic E-state index is 13.2. The normalized spacial score (nSPS) is 11.0. The lowest BCUT2D eigenvalue weighted by atomic mass is 10.0. The van der Waals surface area contributed by atoms with E-state index in [9.17, 15) is 9.59 Å². The van der Waals surface area contributed by atoms with Gasteiger partial charge in [0.25, 0.3) is 11.5 Å². The summed E-state index contributed by atoms with van der Waals surface area (Å²) < 4.78 is 6.70. The molecule has 31 heavy (non-hydrogen) atoms. The Balaban J connectivity index is 1.78. The predicted molar refractivity (Wildman–Crippen MR) is 125 cm³/mol. The zero-order chi connectivity index (χ0) is 22.0. The molecular weight excluding hydrogens is 388 g/mol. The largest absolute Gasteiger partial charge is 0.497 e. The number of rotatable bonds is 5. The molecule has 0 aliphatic rings. The molecule has 0 saturated carbocycles. The smallest absolute Gasteiger partial charge is 0.262 e. The lowest BCUT2D eigenvalue weighted by molar-refractivity contribution is 0.102. The van der Waals surface area contributed by atoms with E-state index in [2.05, 4.69) is 19.2 Å². The van der Waals surface area contributed by atoms with Crippen LogP contribution in [-0.4, -0.2) is 17.6 Å². The molecule has 0 aliphatic carbocycles. The summed E-state index contributed by atoms with van der Waals surface area (Å²) >= 11 is 0. The average Bonchev–Trinajstić information content (AvgIpc) is 2.80. The highest BCUT2D eigenvalue weighted by atomic mass is 16.5. The van der Waals surface area contributed by atoms with Crippen molar-refractivity contribution in [2.45, 2.75) is 19.8 Å². The molecule has 5 nitrogen and oxygen atoms in total. The SMILES string of the molecule is COc1ccc(-n2cc(C(=O)Nc3ccc(C(C)C)cc3)c3ccccc3c2=O)cc1. The van der Waals surface area contributed by atoms with Gasteiger partial charge < -0.3 is 10.1 Å². The van der Waals surface area contributed by atoms with Crippen molar-refractivity contribution in [3.8, 4) is 11.4 Å². The number of anilines is 1. The van der Waals surface area contributed by atoms with Crippen molar-refractivity contribution in [1.82, 2.24) is 4.57 Å². The minimum atomic E-state index is -0.268. The molecule has 1 N–H and O–H groups in total. The fourth-order valence-corrected chi connectivity index (χ4v) is 3.56. The first-order valence-corrected chi connectivity index (χ1v) is 10.2. The van der Waals surface area contributed by atoms with Crippen LogP contribution in [0.3, 0.4) is 0 Å². The van der Waals surface area contributed by atoms with Gasteiger partial charge in [0.15, 0.2) is 0 Å². The molecule has 0 spiro atoms. The standard InChI is InChI=1S/C26H24N2O3/c1-17(2)18-8-10-19(11-9-18)27-25(29)24-16-28(20-12-14-21(31-3)15-13-20)26(30)23-7-5-4-6-22(23)24/h4-17H,1-3H3,(H,27,29). The Morgan fingerprint density at radius 3 is 2.16 bits per heavy atom. The van der Waals surface area contributed by atoms with E-state index in [1.165, 1.54) is 10.1 Å². The number of carbonyl (C=O) groups excluding carboxylic acids is 1. The molecule has 156 valence electrons. The van der Waals surface area contributed by atoms with Gasteiger partial charge in [-0.3, -0.25) is 14.2 Å². The first kappa shape index (κ1) is 20.4. The van der Waals surface area contributed by atoms with Crippen LogP contribution >= 0.6 is 0 Å². The van der Waals surface area contributed by atoms with Gasteiger partial charge in [-0.1, -0.05) is 44.2 Å². The van der Waals surface area contributed by atoms with Gasteiger partial charge in [0.2, 0.25) is 0 Å². The topological polar surface area (TPSA) is 60.3 Å². The highest BCUT2D eigenvalue weighted by Gasteiger charge is 2.16. The Morgan fingerprint density at radius 2 is 1.55 bits per heavy atom. The molecule has 0 unspecified atom stereocenters. The molecule has 5 heteroatoms. The summed E-state index contributed by atoms with van der Waals surface area (Å²) in [4.78, 5) is 26.3. The van der Waals surface area contributed by atoms with Gasteiger partial charge in [-0.05, 0) is 53.9 Å². The molecule has 3 aromatic carbocycles. The number of fused-ring (bicyclic) bond motifs is 1. The molecule has 0 fully saturated rings. The Kier molecular flexibility index (Phi) is 5.58. The van der Waals surface area contributed by atoms with Crippen molar-refractivity contribution in [2.24, 2.45) is 0 Å². The van der Waals surface area contributed by atoms with Gasteiger partial charge in [-0.2, -0.15) is 0 Å². The highest BCUT2D eigenvalue weighted by molar-refractivity contribution is 6.12. The number of nitrogens with zero attached hydrogens (tertiary/aromatic N) is 1. The Bertz CT molecular complexity index is 1290. The summed E-state index contributed by atoms with van der Waals surface area (Å²) in [6.07, 6.45) is 1.60. The number of benzene rings is 3. The van der Waals surface area contributed by atoms with Gasteiger partial charge in [0.1, 0.15) is 5.75 Å². The maximum Gasteiger partial charge on any atom is 0.262 e. The van der Waals surface area contributed by atoms with Crippen LogP contribution in [0.5, 0.6) is 5.75 Å². The maximum atomic E-state index is 13.2. The second kappa shape index (κ2) is 8.48. The van der Waals surface area contributed by atoms with E-state index in [1.54, 1.807) is 55.8 Å². The molecule has 0 bridgehead atoms. The molecule has 0 radical (unpaired) electrons. The molecule has 0 saturated heterocycles. The molecule has 4 rings (SSSR count). The van der Waals surface area contributed by atoms with Crippen LogP contribution in [0, 0.1) is 0 Å². The molecule has 1 heterocycles.